The normalized spacial score (nSPS) is 16.2. The van der Waals surface area contributed by atoms with Crippen LogP contribution in [0.4, 0.5) is 13.2 Å². The number of ether oxygens (including phenoxy) is 1. The molecule has 1 unspecified atom stereocenters. The Kier molecular flexibility index (Phi) is 5.09. The van der Waals surface area contributed by atoms with Crippen LogP contribution in [-0.2, 0) is 13.8 Å². The van der Waals surface area contributed by atoms with Gasteiger partial charge < -0.3 is 4.74 Å². The molecule has 0 radical (unpaired) electrons. The summed E-state index contributed by atoms with van der Waals surface area (Å²) in [6.07, 6.45) is -6.37. The van der Waals surface area contributed by atoms with E-state index in [0.29, 0.717) is 0 Å². The third-order valence-corrected chi connectivity index (χ3v) is 3.20. The van der Waals surface area contributed by atoms with Gasteiger partial charge in [-0.3, -0.25) is 0 Å². The van der Waals surface area contributed by atoms with Crippen LogP contribution in [0, 0.1) is 5.41 Å². The van der Waals surface area contributed by atoms with Crippen molar-refractivity contribution < 1.29 is 26.3 Å². The minimum Gasteiger partial charge on any atom is -0.368 e. The van der Waals surface area contributed by atoms with Crippen LogP contribution in [0.3, 0.4) is 0 Å². The molecule has 98 valence electrons. The number of alkyl halides is 3. The first-order chi connectivity index (χ1) is 6.83. The van der Waals surface area contributed by atoms with Gasteiger partial charge in [-0.25, -0.2) is 8.42 Å². The van der Waals surface area contributed by atoms with E-state index < -0.39 is 32.5 Å². The molecule has 0 aliphatic rings. The van der Waals surface area contributed by atoms with E-state index in [0.717, 1.165) is 6.92 Å². The Morgan fingerprint density at radius 3 is 2.06 bits per heavy atom. The maximum atomic E-state index is 12.1. The van der Waals surface area contributed by atoms with E-state index in [1.165, 1.54) is 13.8 Å². The van der Waals surface area contributed by atoms with Gasteiger partial charge in [0, 0.05) is 16.1 Å². The van der Waals surface area contributed by atoms with E-state index in [1.807, 2.05) is 0 Å². The van der Waals surface area contributed by atoms with Gasteiger partial charge in [-0.15, -0.1) is 0 Å². The fraction of sp³-hybridized carbons (Fsp3) is 1.00. The van der Waals surface area contributed by atoms with Crippen molar-refractivity contribution in [2.75, 3.05) is 12.4 Å². The van der Waals surface area contributed by atoms with Gasteiger partial charge in [-0.1, -0.05) is 13.8 Å². The number of halogens is 4. The van der Waals surface area contributed by atoms with Crippen molar-refractivity contribution in [3.05, 3.63) is 0 Å². The van der Waals surface area contributed by atoms with Crippen molar-refractivity contribution in [1.29, 1.82) is 0 Å². The predicted octanol–water partition coefficient (Wildman–Crippen LogP) is 2.55. The highest BCUT2D eigenvalue weighted by atomic mass is 35.7. The third kappa shape index (κ3) is 7.29. The summed E-state index contributed by atoms with van der Waals surface area (Å²) in [4.78, 5) is 0. The second-order valence-electron chi connectivity index (χ2n) is 4.34. The zero-order chi connectivity index (χ0) is 13.2. The fourth-order valence-electron chi connectivity index (χ4n) is 0.953. The Balaban J connectivity index is 4.30. The highest BCUT2D eigenvalue weighted by Gasteiger charge is 2.38. The average Bonchev–Trinajstić information content (AvgIpc) is 1.93. The molecule has 0 heterocycles. The molecular formula is C8H14ClF3O3S. The maximum absolute atomic E-state index is 12.1. The first-order valence-corrected chi connectivity index (χ1v) is 6.92. The molecule has 3 nitrogen and oxygen atoms in total. The molecule has 0 aromatic carbocycles. The lowest BCUT2D eigenvalue weighted by Gasteiger charge is -2.25. The summed E-state index contributed by atoms with van der Waals surface area (Å²) >= 11 is 0. The Bertz CT molecular complexity index is 324. The summed E-state index contributed by atoms with van der Waals surface area (Å²) in [5.74, 6) is -0.438. The van der Waals surface area contributed by atoms with Gasteiger partial charge in [0.1, 0.15) is 0 Å². The van der Waals surface area contributed by atoms with Crippen molar-refractivity contribution in [2.24, 2.45) is 5.41 Å². The van der Waals surface area contributed by atoms with Crippen molar-refractivity contribution in [1.82, 2.24) is 0 Å². The van der Waals surface area contributed by atoms with Crippen molar-refractivity contribution in [3.8, 4) is 0 Å². The molecule has 0 amide bonds. The van der Waals surface area contributed by atoms with Gasteiger partial charge in [0.2, 0.25) is 9.05 Å². The van der Waals surface area contributed by atoms with E-state index in [1.54, 1.807) is 0 Å². The Morgan fingerprint density at radius 1 is 1.31 bits per heavy atom. The lowest BCUT2D eigenvalue weighted by atomic mass is 9.98. The lowest BCUT2D eigenvalue weighted by Crippen LogP contribution is -2.34. The summed E-state index contributed by atoms with van der Waals surface area (Å²) in [6, 6.07) is 0. The Morgan fingerprint density at radius 2 is 1.75 bits per heavy atom. The lowest BCUT2D eigenvalue weighted by molar-refractivity contribution is -0.219. The summed E-state index contributed by atoms with van der Waals surface area (Å²) in [5, 5.41) is 0. The number of hydrogen-bond donors (Lipinski definition) is 0. The van der Waals surface area contributed by atoms with Crippen LogP contribution in [0.1, 0.15) is 20.8 Å². The van der Waals surface area contributed by atoms with Crippen molar-refractivity contribution >= 4 is 19.7 Å². The fourth-order valence-corrected chi connectivity index (χ4v) is 2.86. The molecule has 0 fully saturated rings. The molecule has 1 atom stereocenters. The SMILES string of the molecule is CC(OCC(C)(C)CS(=O)(=O)Cl)C(F)(F)F. The topological polar surface area (TPSA) is 43.4 Å². The highest BCUT2D eigenvalue weighted by molar-refractivity contribution is 8.13. The van der Waals surface area contributed by atoms with Crippen molar-refractivity contribution in [2.45, 2.75) is 33.1 Å². The van der Waals surface area contributed by atoms with Gasteiger partial charge >= 0.3 is 6.18 Å². The molecule has 0 bridgehead atoms. The summed E-state index contributed by atoms with van der Waals surface area (Å²) < 4.78 is 62.4. The monoisotopic (exact) mass is 282 g/mol. The van der Waals surface area contributed by atoms with Gasteiger partial charge in [0.15, 0.2) is 6.10 Å². The molecule has 0 rings (SSSR count). The zero-order valence-electron chi connectivity index (χ0n) is 9.14. The molecule has 0 saturated heterocycles. The number of hydrogen-bond acceptors (Lipinski definition) is 3. The predicted molar refractivity (Wildman–Crippen MR) is 54.9 cm³/mol. The third-order valence-electron chi connectivity index (χ3n) is 1.75. The van der Waals surface area contributed by atoms with Crippen LogP contribution in [-0.4, -0.2) is 33.1 Å². The molecule has 0 aromatic heterocycles. The zero-order valence-corrected chi connectivity index (χ0v) is 10.7. The number of rotatable bonds is 5. The Labute approximate surface area is 97.3 Å². The van der Waals surface area contributed by atoms with Crippen LogP contribution in [0.25, 0.3) is 0 Å². The van der Waals surface area contributed by atoms with E-state index in [-0.39, 0.29) is 6.61 Å². The largest absolute Gasteiger partial charge is 0.414 e. The molecule has 0 saturated carbocycles. The average molecular weight is 283 g/mol. The molecule has 0 aliphatic heterocycles. The first-order valence-electron chi connectivity index (χ1n) is 4.44. The van der Waals surface area contributed by atoms with E-state index in [9.17, 15) is 21.6 Å². The smallest absolute Gasteiger partial charge is 0.368 e. The van der Waals surface area contributed by atoms with Crippen LogP contribution < -0.4 is 0 Å². The minimum atomic E-state index is -4.45. The van der Waals surface area contributed by atoms with Gasteiger partial charge in [0.25, 0.3) is 0 Å². The quantitative estimate of drug-likeness (QED) is 0.728. The summed E-state index contributed by atoms with van der Waals surface area (Å²) in [5.41, 5.74) is -0.958. The molecule has 0 N–H and O–H groups in total. The molecule has 16 heavy (non-hydrogen) atoms. The van der Waals surface area contributed by atoms with Crippen LogP contribution in [0.2, 0.25) is 0 Å². The van der Waals surface area contributed by atoms with Gasteiger partial charge in [-0.05, 0) is 6.92 Å². The van der Waals surface area contributed by atoms with Crippen LogP contribution >= 0.6 is 10.7 Å². The molecular weight excluding hydrogens is 269 g/mol. The standard InChI is InChI=1S/C8H14ClF3O3S/c1-6(8(10,11)12)15-4-7(2,3)5-16(9,13)14/h6H,4-5H2,1-3H3. The van der Waals surface area contributed by atoms with E-state index in [4.69, 9.17) is 10.7 Å². The van der Waals surface area contributed by atoms with Crippen LogP contribution in [0.15, 0.2) is 0 Å². The second-order valence-corrected chi connectivity index (χ2v) is 7.12. The van der Waals surface area contributed by atoms with E-state index in [2.05, 4.69) is 4.74 Å². The molecule has 0 spiro atoms. The van der Waals surface area contributed by atoms with Crippen LogP contribution in [0.5, 0.6) is 0 Å². The Hall–Kier alpha value is -0.0100. The summed E-state index contributed by atoms with van der Waals surface area (Å²) in [6.45, 7) is 3.47. The van der Waals surface area contributed by atoms with Gasteiger partial charge in [-0.2, -0.15) is 13.2 Å². The maximum Gasteiger partial charge on any atom is 0.414 e. The first kappa shape index (κ1) is 16.0. The van der Waals surface area contributed by atoms with Crippen molar-refractivity contribution in [3.63, 3.8) is 0 Å². The van der Waals surface area contributed by atoms with Gasteiger partial charge in [0.05, 0.1) is 12.4 Å². The minimum absolute atomic E-state index is 0.334. The molecule has 0 aliphatic carbocycles. The molecule has 8 heteroatoms. The summed E-state index contributed by atoms with van der Waals surface area (Å²) in [7, 11) is 1.26. The molecule has 0 aromatic rings. The highest BCUT2D eigenvalue weighted by Crippen LogP contribution is 2.26. The second kappa shape index (κ2) is 5.10. The van der Waals surface area contributed by atoms with E-state index >= 15 is 0 Å².